The molecule has 0 saturated carbocycles. The molecule has 0 bridgehead atoms. The molecule has 0 radical (unpaired) electrons. The molecule has 1 aromatic heterocycles. The number of piperidine rings is 1. The van der Waals surface area contributed by atoms with E-state index in [0.717, 1.165) is 11.3 Å². The highest BCUT2D eigenvalue weighted by Gasteiger charge is 2.32. The van der Waals surface area contributed by atoms with Crippen molar-refractivity contribution in [3.63, 3.8) is 0 Å². The van der Waals surface area contributed by atoms with Gasteiger partial charge in [-0.05, 0) is 18.1 Å². The summed E-state index contributed by atoms with van der Waals surface area (Å²) < 4.78 is 1.85. The number of carbonyl (C=O) groups excluding carboxylic acids is 2. The molecule has 7 heteroatoms. The van der Waals surface area contributed by atoms with Gasteiger partial charge in [0.2, 0.25) is 11.8 Å². The summed E-state index contributed by atoms with van der Waals surface area (Å²) in [5, 5.41) is 6.55. The number of carbonyl (C=O) groups is 2. The number of nitrogens with one attached hydrogen (secondary N) is 2. The van der Waals surface area contributed by atoms with Crippen LogP contribution in [-0.4, -0.2) is 27.4 Å². The highest BCUT2D eigenvalue weighted by Crippen LogP contribution is 2.24. The summed E-state index contributed by atoms with van der Waals surface area (Å²) in [5.41, 5.74) is 1.65. The Labute approximate surface area is 145 Å². The maximum Gasteiger partial charge on any atom is 0.224 e. The van der Waals surface area contributed by atoms with E-state index in [4.69, 9.17) is 11.6 Å². The molecule has 126 valence electrons. The number of aromatic nitrogens is 2. The van der Waals surface area contributed by atoms with Crippen molar-refractivity contribution >= 4 is 23.4 Å². The Morgan fingerprint density at radius 2 is 2.25 bits per heavy atom. The monoisotopic (exact) mass is 346 g/mol. The topological polar surface area (TPSA) is 76.0 Å². The summed E-state index contributed by atoms with van der Waals surface area (Å²) >= 11 is 6.11. The van der Waals surface area contributed by atoms with E-state index in [-0.39, 0.29) is 30.3 Å². The summed E-state index contributed by atoms with van der Waals surface area (Å²) in [6.45, 7) is 0. The van der Waals surface area contributed by atoms with Gasteiger partial charge >= 0.3 is 0 Å². The quantitative estimate of drug-likeness (QED) is 0.885. The van der Waals surface area contributed by atoms with Crippen LogP contribution in [0.4, 0.5) is 0 Å². The van der Waals surface area contributed by atoms with Gasteiger partial charge in [-0.2, -0.15) is 0 Å². The smallest absolute Gasteiger partial charge is 0.224 e. The molecule has 1 aliphatic heterocycles. The van der Waals surface area contributed by atoms with Crippen molar-refractivity contribution in [3.8, 4) is 0 Å². The number of aryl methyl sites for hydroxylation is 1. The van der Waals surface area contributed by atoms with Gasteiger partial charge in [-0.25, -0.2) is 4.98 Å². The summed E-state index contributed by atoms with van der Waals surface area (Å²) in [4.78, 5) is 28.3. The van der Waals surface area contributed by atoms with Crippen molar-refractivity contribution in [2.45, 2.75) is 31.3 Å². The van der Waals surface area contributed by atoms with Crippen LogP contribution >= 0.6 is 11.6 Å². The molecular formula is C17H19ClN4O2. The molecule has 1 aliphatic rings. The van der Waals surface area contributed by atoms with Crippen molar-refractivity contribution in [1.29, 1.82) is 0 Å². The van der Waals surface area contributed by atoms with Gasteiger partial charge in [0.25, 0.3) is 0 Å². The molecule has 2 heterocycles. The zero-order valence-corrected chi connectivity index (χ0v) is 14.1. The second kappa shape index (κ2) is 7.05. The largest absolute Gasteiger partial charge is 0.351 e. The second-order valence-electron chi connectivity index (χ2n) is 5.96. The zero-order valence-electron chi connectivity index (χ0n) is 13.3. The van der Waals surface area contributed by atoms with Gasteiger partial charge < -0.3 is 15.2 Å². The van der Waals surface area contributed by atoms with Crippen molar-refractivity contribution in [3.05, 3.63) is 53.1 Å². The molecule has 6 nitrogen and oxygen atoms in total. The Hall–Kier alpha value is -2.34. The average molecular weight is 347 g/mol. The number of nitrogens with zero attached hydrogens (tertiary/aromatic N) is 2. The molecule has 2 N–H and O–H groups in total. The highest BCUT2D eigenvalue weighted by atomic mass is 35.5. The van der Waals surface area contributed by atoms with Crippen molar-refractivity contribution < 1.29 is 9.59 Å². The molecule has 0 unspecified atom stereocenters. The van der Waals surface area contributed by atoms with Crippen LogP contribution in [0.1, 0.15) is 30.1 Å². The number of hydrogen-bond acceptors (Lipinski definition) is 3. The number of halogens is 1. The Morgan fingerprint density at radius 1 is 1.46 bits per heavy atom. The van der Waals surface area contributed by atoms with Crippen molar-refractivity contribution in [1.82, 2.24) is 20.2 Å². The van der Waals surface area contributed by atoms with E-state index in [1.165, 1.54) is 0 Å². The summed E-state index contributed by atoms with van der Waals surface area (Å²) in [6.07, 6.45) is 4.59. The van der Waals surface area contributed by atoms with E-state index in [2.05, 4.69) is 15.6 Å². The summed E-state index contributed by atoms with van der Waals surface area (Å²) in [5.74, 6) is -0.130. The number of amides is 2. The lowest BCUT2D eigenvalue weighted by molar-refractivity contribution is -0.126. The van der Waals surface area contributed by atoms with Gasteiger partial charge in [0.1, 0.15) is 0 Å². The number of benzene rings is 1. The van der Waals surface area contributed by atoms with Gasteiger partial charge in [0.05, 0.1) is 36.7 Å². The first-order valence-corrected chi connectivity index (χ1v) is 8.20. The van der Waals surface area contributed by atoms with Crippen LogP contribution in [0.15, 0.2) is 36.8 Å². The van der Waals surface area contributed by atoms with Gasteiger partial charge in [-0.1, -0.05) is 29.8 Å². The van der Waals surface area contributed by atoms with Crippen LogP contribution in [0, 0.1) is 0 Å². The standard InChI is InChI=1S/C17H19ClN4O2/c1-22-10-19-9-14(22)17-13(6-7-15(23)21-17)20-16(24)8-11-4-2-3-5-12(11)18/h2-5,9-10,13,17H,6-8H2,1H3,(H,20,24)(H,21,23)/t13-,17-/m1/s1. The third kappa shape index (κ3) is 3.59. The van der Waals surface area contributed by atoms with Gasteiger partial charge in [0, 0.05) is 18.5 Å². The Kier molecular flexibility index (Phi) is 4.85. The molecule has 2 amide bonds. The lowest BCUT2D eigenvalue weighted by Gasteiger charge is -2.33. The average Bonchev–Trinajstić information content (AvgIpc) is 2.97. The van der Waals surface area contributed by atoms with Crippen molar-refractivity contribution in [2.75, 3.05) is 0 Å². The molecule has 3 rings (SSSR count). The van der Waals surface area contributed by atoms with Crippen LogP contribution in [0.3, 0.4) is 0 Å². The van der Waals surface area contributed by atoms with Crippen molar-refractivity contribution in [2.24, 2.45) is 7.05 Å². The van der Waals surface area contributed by atoms with Crippen LogP contribution in [0.25, 0.3) is 0 Å². The number of rotatable bonds is 4. The van der Waals surface area contributed by atoms with Crippen LogP contribution in [0.2, 0.25) is 5.02 Å². The molecule has 1 saturated heterocycles. The molecule has 2 atom stereocenters. The predicted octanol–water partition coefficient (Wildman–Crippen LogP) is 1.75. The number of imidazole rings is 1. The first kappa shape index (κ1) is 16.5. The molecular weight excluding hydrogens is 328 g/mol. The predicted molar refractivity (Wildman–Crippen MR) is 90.4 cm³/mol. The molecule has 0 spiro atoms. The summed E-state index contributed by atoms with van der Waals surface area (Å²) in [6, 6.07) is 6.83. The van der Waals surface area contributed by atoms with E-state index in [0.29, 0.717) is 17.9 Å². The van der Waals surface area contributed by atoms with E-state index in [1.54, 1.807) is 18.6 Å². The highest BCUT2D eigenvalue weighted by molar-refractivity contribution is 6.31. The second-order valence-corrected chi connectivity index (χ2v) is 6.36. The van der Waals surface area contributed by atoms with Gasteiger partial charge in [-0.15, -0.1) is 0 Å². The third-order valence-corrected chi connectivity index (χ3v) is 4.60. The molecule has 2 aromatic rings. The lowest BCUT2D eigenvalue weighted by Crippen LogP contribution is -2.50. The maximum atomic E-state index is 12.4. The molecule has 1 fully saturated rings. The molecule has 1 aromatic carbocycles. The molecule has 24 heavy (non-hydrogen) atoms. The third-order valence-electron chi connectivity index (χ3n) is 4.23. The van der Waals surface area contributed by atoms with E-state index in [9.17, 15) is 9.59 Å². The fourth-order valence-corrected chi connectivity index (χ4v) is 3.18. The SMILES string of the molecule is Cn1cncc1[C@@H]1NC(=O)CC[C@H]1NC(=O)Cc1ccccc1Cl. The van der Waals surface area contributed by atoms with Crippen LogP contribution in [-0.2, 0) is 23.1 Å². The Bertz CT molecular complexity index is 759. The number of hydrogen-bond donors (Lipinski definition) is 2. The molecule has 0 aliphatic carbocycles. The zero-order chi connectivity index (χ0) is 17.1. The first-order valence-electron chi connectivity index (χ1n) is 7.83. The first-order chi connectivity index (χ1) is 11.5. The fourth-order valence-electron chi connectivity index (χ4n) is 2.97. The van der Waals surface area contributed by atoms with Crippen LogP contribution < -0.4 is 10.6 Å². The Balaban J connectivity index is 1.72. The summed E-state index contributed by atoms with van der Waals surface area (Å²) in [7, 11) is 1.87. The Morgan fingerprint density at radius 3 is 2.96 bits per heavy atom. The van der Waals surface area contributed by atoms with Crippen LogP contribution in [0.5, 0.6) is 0 Å². The minimum absolute atomic E-state index is 0.0159. The van der Waals surface area contributed by atoms with Gasteiger partial charge in [0.15, 0.2) is 0 Å². The fraction of sp³-hybridized carbons (Fsp3) is 0.353. The lowest BCUT2D eigenvalue weighted by atomic mass is 9.95. The minimum atomic E-state index is -0.283. The van der Waals surface area contributed by atoms with E-state index < -0.39 is 0 Å². The van der Waals surface area contributed by atoms with Gasteiger partial charge in [-0.3, -0.25) is 9.59 Å². The van der Waals surface area contributed by atoms with E-state index >= 15 is 0 Å². The minimum Gasteiger partial charge on any atom is -0.351 e. The van der Waals surface area contributed by atoms with E-state index in [1.807, 2.05) is 29.8 Å². The maximum absolute atomic E-state index is 12.4. The normalized spacial score (nSPS) is 20.5.